The number of carbonyl (C=O) groups excluding carboxylic acids is 1. The third-order valence-electron chi connectivity index (χ3n) is 3.34. The molecule has 1 aromatic rings. The van der Waals surface area contributed by atoms with Crippen molar-refractivity contribution >= 4 is 23.5 Å². The van der Waals surface area contributed by atoms with Crippen LogP contribution in [-0.4, -0.2) is 34.5 Å². The Hall–Kier alpha value is -1.55. The Morgan fingerprint density at radius 3 is 2.79 bits per heavy atom. The number of aliphatic carboxylic acids is 1. The van der Waals surface area contributed by atoms with E-state index in [0.29, 0.717) is 17.1 Å². The van der Waals surface area contributed by atoms with Crippen LogP contribution in [0.15, 0.2) is 18.2 Å². The smallest absolute Gasteiger partial charge is 0.305 e. The molecule has 0 aliphatic carbocycles. The average Bonchev–Trinajstić information content (AvgIpc) is 2.73. The van der Waals surface area contributed by atoms with Gasteiger partial charge < -0.3 is 10.0 Å². The minimum Gasteiger partial charge on any atom is -0.481 e. The molecule has 4 nitrogen and oxygen atoms in total. The number of carbonyl (C=O) groups is 2. The first-order valence-electron chi connectivity index (χ1n) is 6.27. The highest BCUT2D eigenvalue weighted by Crippen LogP contribution is 2.24. The second-order valence-electron chi connectivity index (χ2n) is 4.91. The van der Waals surface area contributed by atoms with Crippen LogP contribution in [-0.2, 0) is 4.79 Å². The van der Waals surface area contributed by atoms with Crippen molar-refractivity contribution in [3.05, 3.63) is 34.3 Å². The molecule has 0 spiro atoms. The standard InChI is InChI=1S/C14H16ClNO3/c1-9-5-10(7-11(15)6-9)14(19)16-4-2-3-12(16)8-13(17)18/h5-7,12H,2-4,8H2,1H3,(H,17,18). The topological polar surface area (TPSA) is 57.6 Å². The largest absolute Gasteiger partial charge is 0.481 e. The highest BCUT2D eigenvalue weighted by molar-refractivity contribution is 6.31. The average molecular weight is 282 g/mol. The third-order valence-corrected chi connectivity index (χ3v) is 3.56. The van der Waals surface area contributed by atoms with Crippen LogP contribution < -0.4 is 0 Å². The number of hydrogen-bond acceptors (Lipinski definition) is 2. The first-order chi connectivity index (χ1) is 8.97. The molecule has 5 heteroatoms. The van der Waals surface area contributed by atoms with Gasteiger partial charge in [0.15, 0.2) is 0 Å². The van der Waals surface area contributed by atoms with Crippen molar-refractivity contribution in [3.63, 3.8) is 0 Å². The van der Waals surface area contributed by atoms with Crippen LogP contribution in [0.4, 0.5) is 0 Å². The van der Waals surface area contributed by atoms with E-state index in [1.807, 2.05) is 6.92 Å². The van der Waals surface area contributed by atoms with Gasteiger partial charge in [-0.05, 0) is 43.5 Å². The summed E-state index contributed by atoms with van der Waals surface area (Å²) in [6.45, 7) is 2.49. The van der Waals surface area contributed by atoms with Gasteiger partial charge in [0.2, 0.25) is 0 Å². The van der Waals surface area contributed by atoms with Gasteiger partial charge in [0, 0.05) is 23.2 Å². The molecular weight excluding hydrogens is 266 g/mol. The molecule has 1 amide bonds. The quantitative estimate of drug-likeness (QED) is 0.927. The van der Waals surface area contributed by atoms with Gasteiger partial charge in [0.05, 0.1) is 6.42 Å². The first-order valence-corrected chi connectivity index (χ1v) is 6.65. The number of hydrogen-bond donors (Lipinski definition) is 1. The summed E-state index contributed by atoms with van der Waals surface area (Å²) >= 11 is 5.96. The summed E-state index contributed by atoms with van der Waals surface area (Å²) in [6.07, 6.45) is 1.60. The van der Waals surface area contributed by atoms with E-state index < -0.39 is 5.97 Å². The molecule has 1 unspecified atom stereocenters. The molecule has 102 valence electrons. The summed E-state index contributed by atoms with van der Waals surface area (Å²) in [5.41, 5.74) is 1.45. The third kappa shape index (κ3) is 3.26. The van der Waals surface area contributed by atoms with Crippen LogP contribution in [0.2, 0.25) is 5.02 Å². The monoisotopic (exact) mass is 281 g/mol. The number of halogens is 1. The molecule has 1 aliphatic heterocycles. The van der Waals surface area contributed by atoms with Crippen LogP contribution in [0.25, 0.3) is 0 Å². The van der Waals surface area contributed by atoms with Gasteiger partial charge in [0.1, 0.15) is 0 Å². The predicted octanol–water partition coefficient (Wildman–Crippen LogP) is 2.73. The molecule has 0 aromatic heterocycles. The lowest BCUT2D eigenvalue weighted by Crippen LogP contribution is -2.36. The van der Waals surface area contributed by atoms with E-state index in [1.165, 1.54) is 0 Å². The van der Waals surface area contributed by atoms with Gasteiger partial charge in [-0.2, -0.15) is 0 Å². The fourth-order valence-corrected chi connectivity index (χ4v) is 2.83. The molecule has 1 aromatic carbocycles. The van der Waals surface area contributed by atoms with Gasteiger partial charge in [-0.1, -0.05) is 11.6 Å². The number of benzene rings is 1. The van der Waals surface area contributed by atoms with Crippen LogP contribution >= 0.6 is 11.6 Å². The molecule has 1 heterocycles. The fourth-order valence-electron chi connectivity index (χ4n) is 2.54. The predicted molar refractivity (Wildman–Crippen MR) is 72.5 cm³/mol. The van der Waals surface area contributed by atoms with Crippen molar-refractivity contribution < 1.29 is 14.7 Å². The summed E-state index contributed by atoms with van der Waals surface area (Å²) in [4.78, 5) is 24.9. The van der Waals surface area contributed by atoms with Gasteiger partial charge in [-0.25, -0.2) is 0 Å². The van der Waals surface area contributed by atoms with Crippen molar-refractivity contribution in [2.24, 2.45) is 0 Å². The molecule has 1 saturated heterocycles. The van der Waals surface area contributed by atoms with Gasteiger partial charge in [-0.3, -0.25) is 9.59 Å². The fraction of sp³-hybridized carbons (Fsp3) is 0.429. The Kier molecular flexibility index (Phi) is 4.10. The van der Waals surface area contributed by atoms with Crippen molar-refractivity contribution in [1.82, 2.24) is 4.90 Å². The summed E-state index contributed by atoms with van der Waals surface area (Å²) in [7, 11) is 0. The number of nitrogens with zero attached hydrogens (tertiary/aromatic N) is 1. The number of carboxylic acids is 1. The summed E-state index contributed by atoms with van der Waals surface area (Å²) < 4.78 is 0. The first kappa shape index (κ1) is 13.9. The Morgan fingerprint density at radius 2 is 2.16 bits per heavy atom. The Balaban J connectivity index is 2.20. The van der Waals surface area contributed by atoms with Crippen LogP contribution in [0, 0.1) is 6.92 Å². The zero-order valence-electron chi connectivity index (χ0n) is 10.7. The lowest BCUT2D eigenvalue weighted by molar-refractivity contribution is -0.137. The minimum absolute atomic E-state index is 0.00525. The Bertz CT molecular complexity index is 495. The SMILES string of the molecule is Cc1cc(Cl)cc(C(=O)N2CCCC2CC(=O)O)c1. The normalized spacial score (nSPS) is 18.6. The van der Waals surface area contributed by atoms with Crippen molar-refractivity contribution in [1.29, 1.82) is 0 Å². The number of rotatable bonds is 3. The van der Waals surface area contributed by atoms with Gasteiger partial charge in [0.25, 0.3) is 5.91 Å². The number of likely N-dealkylation sites (tertiary alicyclic amines) is 1. The maximum atomic E-state index is 12.4. The van der Waals surface area contributed by atoms with E-state index in [-0.39, 0.29) is 18.4 Å². The lowest BCUT2D eigenvalue weighted by atomic mass is 10.1. The number of carboxylic acid groups (broad SMARTS) is 1. The highest BCUT2D eigenvalue weighted by atomic mass is 35.5. The lowest BCUT2D eigenvalue weighted by Gasteiger charge is -2.23. The number of amides is 1. The van der Waals surface area contributed by atoms with Crippen LogP contribution in [0.1, 0.15) is 35.2 Å². The molecule has 1 N–H and O–H groups in total. The van der Waals surface area contributed by atoms with E-state index in [1.54, 1.807) is 23.1 Å². The molecule has 1 aliphatic rings. The maximum absolute atomic E-state index is 12.4. The molecule has 1 atom stereocenters. The zero-order valence-corrected chi connectivity index (χ0v) is 11.5. The van der Waals surface area contributed by atoms with Gasteiger partial charge >= 0.3 is 5.97 Å². The molecule has 0 radical (unpaired) electrons. The van der Waals surface area contributed by atoms with E-state index in [9.17, 15) is 9.59 Å². The van der Waals surface area contributed by atoms with Crippen LogP contribution in [0.5, 0.6) is 0 Å². The molecule has 19 heavy (non-hydrogen) atoms. The highest BCUT2D eigenvalue weighted by Gasteiger charge is 2.31. The van der Waals surface area contributed by atoms with E-state index in [4.69, 9.17) is 16.7 Å². The summed E-state index contributed by atoms with van der Waals surface area (Å²) in [5.74, 6) is -0.999. The van der Waals surface area contributed by atoms with E-state index in [0.717, 1.165) is 18.4 Å². The Morgan fingerprint density at radius 1 is 1.42 bits per heavy atom. The van der Waals surface area contributed by atoms with Gasteiger partial charge in [-0.15, -0.1) is 0 Å². The second kappa shape index (κ2) is 5.61. The summed E-state index contributed by atoms with van der Waals surface area (Å²) in [5, 5.41) is 9.40. The maximum Gasteiger partial charge on any atom is 0.305 e. The summed E-state index contributed by atoms with van der Waals surface area (Å²) in [6, 6.07) is 5.00. The van der Waals surface area contributed by atoms with Crippen molar-refractivity contribution in [3.8, 4) is 0 Å². The second-order valence-corrected chi connectivity index (χ2v) is 5.35. The van der Waals surface area contributed by atoms with Crippen molar-refractivity contribution in [2.75, 3.05) is 6.54 Å². The molecule has 0 bridgehead atoms. The van der Waals surface area contributed by atoms with Crippen molar-refractivity contribution in [2.45, 2.75) is 32.2 Å². The van der Waals surface area contributed by atoms with Crippen LogP contribution in [0.3, 0.4) is 0 Å². The molecule has 0 saturated carbocycles. The van der Waals surface area contributed by atoms with E-state index in [2.05, 4.69) is 0 Å². The van der Waals surface area contributed by atoms with E-state index >= 15 is 0 Å². The molecular formula is C14H16ClNO3. The Labute approximate surface area is 117 Å². The minimum atomic E-state index is -0.869. The molecule has 2 rings (SSSR count). The zero-order chi connectivity index (χ0) is 14.0. The molecule has 1 fully saturated rings. The number of aryl methyl sites for hydroxylation is 1.